The minimum absolute atomic E-state index is 0.0875. The molecule has 2 atom stereocenters. The highest BCUT2D eigenvalue weighted by atomic mass is 32.2. The Bertz CT molecular complexity index is 961. The van der Waals surface area contributed by atoms with Crippen molar-refractivity contribution in [1.29, 1.82) is 0 Å². The zero-order chi connectivity index (χ0) is 18.0. The molecule has 1 fully saturated rings. The van der Waals surface area contributed by atoms with Gasteiger partial charge in [-0.3, -0.25) is 18.5 Å². The minimum atomic E-state index is -3.86. The molecule has 0 spiro atoms. The topological polar surface area (TPSA) is 107 Å². The van der Waals surface area contributed by atoms with Crippen molar-refractivity contribution in [3.05, 3.63) is 62.9 Å². The zero-order valence-electron chi connectivity index (χ0n) is 13.5. The van der Waals surface area contributed by atoms with Crippen molar-refractivity contribution in [1.82, 2.24) is 9.55 Å². The molecule has 25 heavy (non-hydrogen) atoms. The van der Waals surface area contributed by atoms with Gasteiger partial charge in [0, 0.05) is 12.3 Å². The Morgan fingerprint density at radius 1 is 1.24 bits per heavy atom. The van der Waals surface area contributed by atoms with Crippen LogP contribution in [0.3, 0.4) is 0 Å². The Labute approximate surface area is 144 Å². The van der Waals surface area contributed by atoms with E-state index in [0.717, 1.165) is 5.56 Å². The van der Waals surface area contributed by atoms with Gasteiger partial charge < -0.3 is 4.74 Å². The zero-order valence-corrected chi connectivity index (χ0v) is 14.4. The van der Waals surface area contributed by atoms with Crippen molar-refractivity contribution in [3.63, 3.8) is 0 Å². The lowest BCUT2D eigenvalue weighted by molar-refractivity contribution is 0.0680. The molecular formula is C16H18N2O6S. The van der Waals surface area contributed by atoms with E-state index in [0.29, 0.717) is 6.42 Å². The van der Waals surface area contributed by atoms with Gasteiger partial charge in [0.1, 0.15) is 0 Å². The fourth-order valence-electron chi connectivity index (χ4n) is 2.65. The van der Waals surface area contributed by atoms with Crippen molar-refractivity contribution in [2.24, 2.45) is 0 Å². The van der Waals surface area contributed by atoms with Crippen LogP contribution in [0, 0.1) is 6.92 Å². The van der Waals surface area contributed by atoms with Crippen molar-refractivity contribution < 1.29 is 17.3 Å². The summed E-state index contributed by atoms with van der Waals surface area (Å²) in [5.41, 5.74) is -0.0357. The van der Waals surface area contributed by atoms with Crippen LogP contribution in [0.15, 0.2) is 51.0 Å². The van der Waals surface area contributed by atoms with Crippen LogP contribution in [-0.4, -0.2) is 37.3 Å². The Hall–Kier alpha value is -2.23. The number of hydrogen-bond acceptors (Lipinski definition) is 6. The molecular weight excluding hydrogens is 348 g/mol. The number of benzene rings is 1. The van der Waals surface area contributed by atoms with Crippen LogP contribution in [0.1, 0.15) is 18.0 Å². The van der Waals surface area contributed by atoms with E-state index in [1.807, 2.05) is 6.92 Å². The van der Waals surface area contributed by atoms with Crippen LogP contribution >= 0.6 is 0 Å². The first kappa shape index (κ1) is 17.6. The summed E-state index contributed by atoms with van der Waals surface area (Å²) in [7, 11) is -3.86. The van der Waals surface area contributed by atoms with Gasteiger partial charge in [-0.05, 0) is 25.5 Å². The maximum atomic E-state index is 12.2. The summed E-state index contributed by atoms with van der Waals surface area (Å²) < 4.78 is 36.3. The molecule has 0 bridgehead atoms. The number of aryl methyl sites for hydroxylation is 1. The molecule has 0 saturated carbocycles. The fourth-order valence-corrected chi connectivity index (χ4v) is 3.59. The van der Waals surface area contributed by atoms with Gasteiger partial charge in [-0.15, -0.1) is 0 Å². The molecule has 1 aliphatic rings. The van der Waals surface area contributed by atoms with Crippen molar-refractivity contribution in [2.75, 3.05) is 13.2 Å². The third-order valence-corrected chi connectivity index (χ3v) is 5.32. The van der Waals surface area contributed by atoms with E-state index in [1.54, 1.807) is 12.1 Å². The third kappa shape index (κ3) is 4.06. The average Bonchev–Trinajstić information content (AvgIpc) is 3.02. The number of rotatable bonds is 5. The first-order valence-electron chi connectivity index (χ1n) is 7.74. The van der Waals surface area contributed by atoms with E-state index in [1.165, 1.54) is 29.0 Å². The third-order valence-electron chi connectivity index (χ3n) is 4.02. The van der Waals surface area contributed by atoms with Crippen LogP contribution in [0.25, 0.3) is 0 Å². The lowest BCUT2D eigenvalue weighted by Gasteiger charge is -2.12. The molecule has 1 aromatic heterocycles. The van der Waals surface area contributed by atoms with Gasteiger partial charge >= 0.3 is 5.69 Å². The second kappa shape index (κ2) is 6.95. The van der Waals surface area contributed by atoms with Crippen LogP contribution in [0.5, 0.6) is 0 Å². The SMILES string of the molecule is Cc1ccc(S(=O)(=O)OC[C@@H]2C[C@H](n3ccc(=O)[nH]c3=O)CO2)cc1. The van der Waals surface area contributed by atoms with Crippen molar-refractivity contribution >= 4 is 10.1 Å². The Balaban J connectivity index is 1.62. The average molecular weight is 366 g/mol. The smallest absolute Gasteiger partial charge is 0.328 e. The lowest BCUT2D eigenvalue weighted by atomic mass is 10.2. The maximum absolute atomic E-state index is 12.2. The largest absolute Gasteiger partial charge is 0.374 e. The Morgan fingerprint density at radius 3 is 2.64 bits per heavy atom. The fraction of sp³-hybridized carbons (Fsp3) is 0.375. The number of nitrogens with one attached hydrogen (secondary N) is 1. The monoisotopic (exact) mass is 366 g/mol. The summed E-state index contributed by atoms with van der Waals surface area (Å²) in [4.78, 5) is 25.2. The molecule has 1 saturated heterocycles. The molecule has 2 heterocycles. The van der Waals surface area contributed by atoms with Gasteiger partial charge in [0.25, 0.3) is 15.7 Å². The molecule has 0 aliphatic carbocycles. The van der Waals surface area contributed by atoms with Gasteiger partial charge in [-0.1, -0.05) is 17.7 Å². The predicted octanol–water partition coefficient (Wildman–Crippen LogP) is 0.581. The molecule has 8 nitrogen and oxygen atoms in total. The van der Waals surface area contributed by atoms with Gasteiger partial charge in [-0.2, -0.15) is 8.42 Å². The van der Waals surface area contributed by atoms with Crippen molar-refractivity contribution in [3.8, 4) is 0 Å². The molecule has 0 radical (unpaired) electrons. The van der Waals surface area contributed by atoms with E-state index < -0.39 is 27.5 Å². The number of ether oxygens (including phenoxy) is 1. The Morgan fingerprint density at radius 2 is 1.96 bits per heavy atom. The highest BCUT2D eigenvalue weighted by Gasteiger charge is 2.29. The number of aromatic amines is 1. The van der Waals surface area contributed by atoms with Crippen LogP contribution in [-0.2, 0) is 19.0 Å². The molecule has 0 unspecified atom stereocenters. The van der Waals surface area contributed by atoms with E-state index in [2.05, 4.69) is 4.98 Å². The normalized spacial score (nSPS) is 20.7. The summed E-state index contributed by atoms with van der Waals surface area (Å²) in [5, 5.41) is 0. The van der Waals surface area contributed by atoms with Gasteiger partial charge in [-0.25, -0.2) is 4.79 Å². The van der Waals surface area contributed by atoms with Crippen molar-refractivity contribution in [2.45, 2.75) is 30.4 Å². The summed E-state index contributed by atoms with van der Waals surface area (Å²) in [6, 6.07) is 7.35. The van der Waals surface area contributed by atoms with Gasteiger partial charge in [0.2, 0.25) is 0 Å². The molecule has 3 rings (SSSR count). The standard InChI is InChI=1S/C16H18N2O6S/c1-11-2-4-14(5-3-11)25(21,22)24-10-13-8-12(9-23-13)18-7-6-15(19)17-16(18)20/h2-7,12-13H,8-10H2,1H3,(H,17,19,20)/t12-,13-/m0/s1. The van der Waals surface area contributed by atoms with E-state index >= 15 is 0 Å². The Kier molecular flexibility index (Phi) is 4.89. The summed E-state index contributed by atoms with van der Waals surface area (Å²) in [6.45, 7) is 1.97. The first-order valence-corrected chi connectivity index (χ1v) is 9.15. The number of nitrogens with zero attached hydrogens (tertiary/aromatic N) is 1. The molecule has 134 valence electrons. The summed E-state index contributed by atoms with van der Waals surface area (Å²) in [6.07, 6.45) is 1.36. The molecule has 2 aromatic rings. The van der Waals surface area contributed by atoms with Gasteiger partial charge in [0.15, 0.2) is 0 Å². The predicted molar refractivity (Wildman–Crippen MR) is 89.0 cm³/mol. The number of H-pyrrole nitrogens is 1. The molecule has 9 heteroatoms. The summed E-state index contributed by atoms with van der Waals surface area (Å²) in [5.74, 6) is 0. The quantitative estimate of drug-likeness (QED) is 0.776. The molecule has 1 aliphatic heterocycles. The molecule has 1 N–H and O–H groups in total. The second-order valence-corrected chi connectivity index (χ2v) is 7.53. The first-order chi connectivity index (χ1) is 11.8. The minimum Gasteiger partial charge on any atom is -0.374 e. The van der Waals surface area contributed by atoms with Gasteiger partial charge in [0.05, 0.1) is 30.3 Å². The second-order valence-electron chi connectivity index (χ2n) is 5.91. The van der Waals surface area contributed by atoms with E-state index in [-0.39, 0.29) is 24.2 Å². The van der Waals surface area contributed by atoms with E-state index in [4.69, 9.17) is 8.92 Å². The van der Waals surface area contributed by atoms with Crippen LogP contribution < -0.4 is 11.2 Å². The maximum Gasteiger partial charge on any atom is 0.328 e. The van der Waals surface area contributed by atoms with E-state index in [9.17, 15) is 18.0 Å². The lowest BCUT2D eigenvalue weighted by Crippen LogP contribution is -2.31. The molecule has 0 amide bonds. The molecule has 1 aromatic carbocycles. The van der Waals surface area contributed by atoms with Crippen LogP contribution in [0.2, 0.25) is 0 Å². The summed E-state index contributed by atoms with van der Waals surface area (Å²) >= 11 is 0. The number of hydrogen-bond donors (Lipinski definition) is 1. The highest BCUT2D eigenvalue weighted by molar-refractivity contribution is 7.86. The highest BCUT2D eigenvalue weighted by Crippen LogP contribution is 2.24. The number of aromatic nitrogens is 2. The van der Waals surface area contributed by atoms with Crippen LogP contribution in [0.4, 0.5) is 0 Å².